The summed E-state index contributed by atoms with van der Waals surface area (Å²) >= 11 is 1.62. The second kappa shape index (κ2) is 6.49. The molecule has 3 atom stereocenters. The molecular formula is C17H19N3O3S. The van der Waals surface area contributed by atoms with Gasteiger partial charge in [-0.2, -0.15) is 0 Å². The van der Waals surface area contributed by atoms with E-state index in [2.05, 4.69) is 10.2 Å². The summed E-state index contributed by atoms with van der Waals surface area (Å²) in [5.74, 6) is 1.67. The molecule has 0 aromatic carbocycles. The first-order chi connectivity index (χ1) is 11.7. The van der Waals surface area contributed by atoms with Crippen molar-refractivity contribution in [2.45, 2.75) is 32.0 Å². The molecule has 0 unspecified atom stereocenters. The number of carbonyl (C=O) groups is 1. The van der Waals surface area contributed by atoms with Crippen molar-refractivity contribution in [1.82, 2.24) is 15.1 Å². The van der Waals surface area contributed by atoms with Crippen molar-refractivity contribution in [2.24, 2.45) is 5.92 Å². The van der Waals surface area contributed by atoms with E-state index < -0.39 is 0 Å². The molecule has 0 aliphatic carbocycles. The number of hydrogen-bond acceptors (Lipinski definition) is 6. The largest absolute Gasteiger partial charge is 0.426 e. The molecule has 2 fully saturated rings. The van der Waals surface area contributed by atoms with Gasteiger partial charge in [0.15, 0.2) is 0 Å². The predicted octanol–water partition coefficient (Wildman–Crippen LogP) is 2.31. The Morgan fingerprint density at radius 2 is 2.38 bits per heavy atom. The highest BCUT2D eigenvalue weighted by Gasteiger charge is 2.43. The van der Waals surface area contributed by atoms with Crippen molar-refractivity contribution in [1.29, 1.82) is 0 Å². The lowest BCUT2D eigenvalue weighted by Gasteiger charge is -2.17. The Morgan fingerprint density at radius 1 is 1.46 bits per heavy atom. The molecule has 0 spiro atoms. The van der Waals surface area contributed by atoms with Crippen molar-refractivity contribution in [3.8, 4) is 0 Å². The van der Waals surface area contributed by atoms with E-state index >= 15 is 0 Å². The first kappa shape index (κ1) is 15.5. The van der Waals surface area contributed by atoms with Gasteiger partial charge in [0, 0.05) is 36.9 Å². The molecule has 4 heterocycles. The number of nitrogens with zero attached hydrogens (tertiary/aromatic N) is 3. The fourth-order valence-corrected chi connectivity index (χ4v) is 4.05. The molecule has 2 aromatic rings. The maximum absolute atomic E-state index is 12.3. The van der Waals surface area contributed by atoms with E-state index in [1.807, 2.05) is 28.5 Å². The number of thiophene rings is 1. The molecule has 2 aliphatic rings. The quantitative estimate of drug-likeness (QED) is 0.796. The number of rotatable bonds is 4. The van der Waals surface area contributed by atoms with Gasteiger partial charge in [0.2, 0.25) is 17.7 Å². The van der Waals surface area contributed by atoms with E-state index in [9.17, 15) is 4.79 Å². The third-order valence-corrected chi connectivity index (χ3v) is 5.37. The fourth-order valence-electron chi connectivity index (χ4n) is 3.43. The number of ether oxygens (including phenoxy) is 1. The molecule has 2 aliphatic heterocycles. The summed E-state index contributed by atoms with van der Waals surface area (Å²) < 4.78 is 11.5. The first-order valence-corrected chi connectivity index (χ1v) is 9.00. The average Bonchev–Trinajstić information content (AvgIpc) is 3.29. The number of carbonyl (C=O) groups excluding carboxylic acids is 1. The molecular weight excluding hydrogens is 326 g/mol. The summed E-state index contributed by atoms with van der Waals surface area (Å²) in [5, 5.41) is 9.87. The van der Waals surface area contributed by atoms with Gasteiger partial charge in [-0.3, -0.25) is 4.79 Å². The fraction of sp³-hybridized carbons (Fsp3) is 0.471. The Hall–Kier alpha value is -1.99. The zero-order valence-corrected chi connectivity index (χ0v) is 14.2. The monoisotopic (exact) mass is 345 g/mol. The lowest BCUT2D eigenvalue weighted by molar-refractivity contribution is -0.125. The third kappa shape index (κ3) is 3.27. The van der Waals surface area contributed by atoms with Crippen LogP contribution in [0.2, 0.25) is 0 Å². The Balaban J connectivity index is 1.30. The molecule has 0 radical (unpaired) electrons. The topological polar surface area (TPSA) is 68.5 Å². The second-order valence-corrected chi connectivity index (χ2v) is 7.28. The van der Waals surface area contributed by atoms with E-state index in [0.29, 0.717) is 30.7 Å². The lowest BCUT2D eigenvalue weighted by Crippen LogP contribution is -2.30. The molecule has 2 aromatic heterocycles. The molecule has 7 heteroatoms. The summed E-state index contributed by atoms with van der Waals surface area (Å²) in [7, 11) is 0. The summed E-state index contributed by atoms with van der Waals surface area (Å²) in [6.07, 6.45) is 5.36. The van der Waals surface area contributed by atoms with Gasteiger partial charge in [-0.1, -0.05) is 6.07 Å². The number of hydrogen-bond donors (Lipinski definition) is 0. The SMILES string of the molecule is Cc1nnc(C[C@@H]2C[C@H]3CN(C(=O)/C=C/c4cccs4)C[C@H]3O2)o1. The van der Waals surface area contributed by atoms with Gasteiger partial charge in [-0.25, -0.2) is 0 Å². The van der Waals surface area contributed by atoms with Crippen LogP contribution in [-0.4, -0.2) is 46.3 Å². The van der Waals surface area contributed by atoms with Crippen LogP contribution in [0.25, 0.3) is 6.08 Å². The van der Waals surface area contributed by atoms with Crippen LogP contribution in [-0.2, 0) is 16.0 Å². The van der Waals surface area contributed by atoms with Crippen molar-refractivity contribution >= 4 is 23.3 Å². The van der Waals surface area contributed by atoms with Crippen LogP contribution in [0.15, 0.2) is 28.0 Å². The van der Waals surface area contributed by atoms with E-state index in [1.165, 1.54) is 0 Å². The number of aryl methyl sites for hydroxylation is 1. The van der Waals surface area contributed by atoms with Crippen LogP contribution < -0.4 is 0 Å². The minimum atomic E-state index is 0.0606. The highest BCUT2D eigenvalue weighted by atomic mass is 32.1. The van der Waals surface area contributed by atoms with E-state index in [4.69, 9.17) is 9.15 Å². The summed E-state index contributed by atoms with van der Waals surface area (Å²) in [6.45, 7) is 3.21. The Bertz CT molecular complexity index is 726. The number of likely N-dealkylation sites (tertiary alicyclic amines) is 1. The molecule has 1 amide bonds. The van der Waals surface area contributed by atoms with Gasteiger partial charge in [-0.15, -0.1) is 21.5 Å². The normalized spacial score (nSPS) is 26.4. The number of amides is 1. The molecule has 0 saturated carbocycles. The zero-order chi connectivity index (χ0) is 16.5. The van der Waals surface area contributed by atoms with Gasteiger partial charge in [0.25, 0.3) is 0 Å². The molecule has 6 nitrogen and oxygen atoms in total. The maximum Gasteiger partial charge on any atom is 0.246 e. The predicted molar refractivity (Wildman–Crippen MR) is 89.4 cm³/mol. The van der Waals surface area contributed by atoms with Crippen molar-refractivity contribution in [3.63, 3.8) is 0 Å². The Morgan fingerprint density at radius 3 is 3.08 bits per heavy atom. The average molecular weight is 345 g/mol. The Labute approximate surface area is 144 Å². The smallest absolute Gasteiger partial charge is 0.246 e. The van der Waals surface area contributed by atoms with Crippen LogP contribution in [0.5, 0.6) is 0 Å². The van der Waals surface area contributed by atoms with Crippen molar-refractivity contribution < 1.29 is 13.9 Å². The molecule has 24 heavy (non-hydrogen) atoms. The van der Waals surface area contributed by atoms with Crippen LogP contribution in [0.4, 0.5) is 0 Å². The van der Waals surface area contributed by atoms with Gasteiger partial charge in [0.1, 0.15) is 0 Å². The van der Waals surface area contributed by atoms with Gasteiger partial charge < -0.3 is 14.1 Å². The van der Waals surface area contributed by atoms with Crippen LogP contribution >= 0.6 is 11.3 Å². The number of aromatic nitrogens is 2. The minimum Gasteiger partial charge on any atom is -0.426 e. The maximum atomic E-state index is 12.3. The standard InChI is InChI=1S/C17H19N3O3S/c1-11-18-19-16(22-11)8-13-7-12-9-20(10-15(12)23-13)17(21)5-4-14-3-2-6-24-14/h2-6,12-13,15H,7-10H2,1H3/b5-4+/t12-,13-,15+/m0/s1. The molecule has 2 saturated heterocycles. The second-order valence-electron chi connectivity index (χ2n) is 6.30. The zero-order valence-electron chi connectivity index (χ0n) is 13.4. The molecule has 126 valence electrons. The van der Waals surface area contributed by atoms with Crippen LogP contribution in [0.3, 0.4) is 0 Å². The summed E-state index contributed by atoms with van der Waals surface area (Å²) in [4.78, 5) is 15.3. The van der Waals surface area contributed by atoms with Gasteiger partial charge in [0.05, 0.1) is 18.6 Å². The molecule has 0 bridgehead atoms. The van der Waals surface area contributed by atoms with Crippen LogP contribution in [0, 0.1) is 12.8 Å². The van der Waals surface area contributed by atoms with Gasteiger partial charge >= 0.3 is 0 Å². The minimum absolute atomic E-state index is 0.0606. The van der Waals surface area contributed by atoms with E-state index in [1.54, 1.807) is 24.3 Å². The van der Waals surface area contributed by atoms with E-state index in [0.717, 1.165) is 17.8 Å². The van der Waals surface area contributed by atoms with Crippen LogP contribution in [0.1, 0.15) is 23.1 Å². The highest BCUT2D eigenvalue weighted by Crippen LogP contribution is 2.34. The summed E-state index contributed by atoms with van der Waals surface area (Å²) in [5.41, 5.74) is 0. The lowest BCUT2D eigenvalue weighted by atomic mass is 10.0. The first-order valence-electron chi connectivity index (χ1n) is 8.12. The Kier molecular flexibility index (Phi) is 4.20. The third-order valence-electron chi connectivity index (χ3n) is 4.53. The van der Waals surface area contributed by atoms with E-state index in [-0.39, 0.29) is 18.1 Å². The molecule has 0 N–H and O–H groups in total. The molecule has 4 rings (SSSR count). The number of fused-ring (bicyclic) bond motifs is 1. The highest BCUT2D eigenvalue weighted by molar-refractivity contribution is 7.10. The van der Waals surface area contributed by atoms with Crippen molar-refractivity contribution in [2.75, 3.05) is 13.1 Å². The summed E-state index contributed by atoms with van der Waals surface area (Å²) in [6, 6.07) is 3.98. The van der Waals surface area contributed by atoms with Crippen molar-refractivity contribution in [3.05, 3.63) is 40.2 Å². The van der Waals surface area contributed by atoms with Gasteiger partial charge in [-0.05, 0) is 23.9 Å².